The van der Waals surface area contributed by atoms with Gasteiger partial charge in [-0.25, -0.2) is 0 Å². The molecule has 1 saturated heterocycles. The van der Waals surface area contributed by atoms with E-state index in [2.05, 4.69) is 17.1 Å². The Morgan fingerprint density at radius 3 is 2.85 bits per heavy atom. The minimum atomic E-state index is -0.626. The van der Waals surface area contributed by atoms with Crippen molar-refractivity contribution >= 4 is 11.8 Å². The maximum atomic E-state index is 13.3. The number of hydrogen-bond donors (Lipinski definition) is 1. The first-order valence-electron chi connectivity index (χ1n) is 10.5. The molecule has 0 aromatic heterocycles. The first-order chi connectivity index (χ1) is 13.1. The molecule has 1 aromatic rings. The molecule has 1 N–H and O–H groups in total. The van der Waals surface area contributed by atoms with Gasteiger partial charge in [-0.3, -0.25) is 9.59 Å². The zero-order valence-electron chi connectivity index (χ0n) is 15.9. The normalized spacial score (nSPS) is 37.5. The Labute approximate surface area is 160 Å². The van der Waals surface area contributed by atoms with Gasteiger partial charge in [0.2, 0.25) is 5.91 Å². The molecule has 6 rings (SSSR count). The number of nitrogens with one attached hydrogen (secondary N) is 1. The van der Waals surface area contributed by atoms with Crippen molar-refractivity contribution in [3.63, 3.8) is 0 Å². The third-order valence-electron chi connectivity index (χ3n) is 7.37. The Bertz CT molecular complexity index is 779. The minimum Gasteiger partial charge on any atom is -0.467 e. The predicted molar refractivity (Wildman–Crippen MR) is 101 cm³/mol. The zero-order chi connectivity index (χ0) is 18.6. The highest BCUT2D eigenvalue weighted by Gasteiger charge is 2.57. The molecular formula is C22H28N2O3. The number of fused-ring (bicyclic) bond motifs is 3. The number of carbonyl (C=O) groups is 2. The first-order valence-corrected chi connectivity index (χ1v) is 10.5. The summed E-state index contributed by atoms with van der Waals surface area (Å²) in [5.41, 5.74) is -0.0158. The highest BCUT2D eigenvalue weighted by atomic mass is 16.5. The molecule has 3 saturated carbocycles. The number of para-hydroxylation sites is 1. The van der Waals surface area contributed by atoms with Gasteiger partial charge in [0.05, 0.1) is 5.56 Å². The smallest absolute Gasteiger partial charge is 0.258 e. The second-order valence-corrected chi connectivity index (χ2v) is 8.90. The number of amides is 2. The summed E-state index contributed by atoms with van der Waals surface area (Å²) < 4.78 is 6.40. The van der Waals surface area contributed by atoms with Crippen molar-refractivity contribution in [2.24, 2.45) is 17.8 Å². The van der Waals surface area contributed by atoms with E-state index in [0.29, 0.717) is 29.2 Å². The molecule has 1 spiro atoms. The predicted octanol–water partition coefficient (Wildman–Crippen LogP) is 3.34. The fraction of sp³-hybridized carbons (Fsp3) is 0.636. The number of nitrogens with zero attached hydrogens (tertiary/aromatic N) is 1. The van der Waals surface area contributed by atoms with E-state index in [-0.39, 0.29) is 17.7 Å². The Hall–Kier alpha value is -2.04. The molecule has 144 valence electrons. The maximum Gasteiger partial charge on any atom is 0.258 e. The largest absolute Gasteiger partial charge is 0.467 e. The van der Waals surface area contributed by atoms with Crippen LogP contribution in [0.15, 0.2) is 24.3 Å². The van der Waals surface area contributed by atoms with Crippen molar-refractivity contribution in [2.45, 2.75) is 63.6 Å². The van der Waals surface area contributed by atoms with E-state index in [9.17, 15) is 9.59 Å². The van der Waals surface area contributed by atoms with Gasteiger partial charge in [0, 0.05) is 30.8 Å². The Morgan fingerprint density at radius 1 is 1.22 bits per heavy atom. The summed E-state index contributed by atoms with van der Waals surface area (Å²) in [7, 11) is 0. The van der Waals surface area contributed by atoms with E-state index in [4.69, 9.17) is 4.74 Å². The van der Waals surface area contributed by atoms with E-state index >= 15 is 0 Å². The van der Waals surface area contributed by atoms with Crippen LogP contribution in [0.2, 0.25) is 0 Å². The first kappa shape index (κ1) is 17.1. The van der Waals surface area contributed by atoms with Crippen LogP contribution in [0.4, 0.5) is 0 Å². The van der Waals surface area contributed by atoms with Crippen molar-refractivity contribution < 1.29 is 14.3 Å². The van der Waals surface area contributed by atoms with Gasteiger partial charge in [-0.15, -0.1) is 0 Å². The second-order valence-electron chi connectivity index (χ2n) is 8.90. The molecule has 3 aliphatic carbocycles. The second kappa shape index (κ2) is 6.25. The van der Waals surface area contributed by atoms with Crippen molar-refractivity contribution in [1.29, 1.82) is 0 Å². The number of carbonyl (C=O) groups excluding carboxylic acids is 2. The summed E-state index contributed by atoms with van der Waals surface area (Å²) in [5, 5.41) is 3.18. The minimum absolute atomic E-state index is 0.0445. The van der Waals surface area contributed by atoms with Gasteiger partial charge >= 0.3 is 0 Å². The van der Waals surface area contributed by atoms with E-state index in [1.807, 2.05) is 24.3 Å². The third-order valence-corrected chi connectivity index (χ3v) is 7.37. The summed E-state index contributed by atoms with van der Waals surface area (Å²) in [6.45, 7) is 3.08. The molecule has 27 heavy (non-hydrogen) atoms. The number of piperidine rings is 1. The molecule has 2 amide bonds. The summed E-state index contributed by atoms with van der Waals surface area (Å²) in [4.78, 5) is 28.1. The van der Waals surface area contributed by atoms with Gasteiger partial charge in [0.1, 0.15) is 5.75 Å². The average molecular weight is 368 g/mol. The molecular weight excluding hydrogens is 340 g/mol. The summed E-state index contributed by atoms with van der Waals surface area (Å²) >= 11 is 0. The lowest BCUT2D eigenvalue weighted by atomic mass is 9.59. The molecule has 0 radical (unpaired) electrons. The Balaban J connectivity index is 1.38. The van der Waals surface area contributed by atoms with E-state index in [1.165, 1.54) is 6.42 Å². The number of likely N-dealkylation sites (tertiary alicyclic amines) is 1. The standard InChI is InChI=1S/C22H28N2O3/c1-14-6-4-5-11-24(14)21(26)18-12-16-10-9-15(18)13-22(16)23-20(25)17-7-2-3-8-19(17)27-22/h2-3,7-8,14-16,18H,4-6,9-13H2,1H3,(H,23,25). The average Bonchev–Trinajstić information content (AvgIpc) is 2.68. The van der Waals surface area contributed by atoms with Crippen LogP contribution in [-0.4, -0.2) is 35.0 Å². The molecule has 5 atom stereocenters. The molecule has 5 heteroatoms. The SMILES string of the molecule is CC1CCCCN1C(=O)C1CC2CCC1CC21NC(=O)c2ccccc2O1. The third kappa shape index (κ3) is 2.66. The van der Waals surface area contributed by atoms with Gasteiger partial charge < -0.3 is 15.0 Å². The lowest BCUT2D eigenvalue weighted by Crippen LogP contribution is -2.67. The summed E-state index contributed by atoms with van der Waals surface area (Å²) in [6, 6.07) is 7.83. The number of ether oxygens (including phenoxy) is 1. The van der Waals surface area contributed by atoms with Crippen LogP contribution < -0.4 is 10.1 Å². The number of benzene rings is 1. The van der Waals surface area contributed by atoms with Crippen LogP contribution in [0.1, 0.15) is 62.2 Å². The molecule has 1 aromatic carbocycles. The summed E-state index contributed by atoms with van der Waals surface area (Å²) in [6.07, 6.45) is 7.12. The van der Waals surface area contributed by atoms with Gasteiger partial charge in [0.25, 0.3) is 5.91 Å². The fourth-order valence-electron chi connectivity index (χ4n) is 5.90. The van der Waals surface area contributed by atoms with E-state index in [1.54, 1.807) is 0 Å². The quantitative estimate of drug-likeness (QED) is 0.827. The van der Waals surface area contributed by atoms with Crippen LogP contribution in [0.5, 0.6) is 5.75 Å². The van der Waals surface area contributed by atoms with E-state index < -0.39 is 5.72 Å². The lowest BCUT2D eigenvalue weighted by molar-refractivity contribution is -0.158. The Morgan fingerprint density at radius 2 is 2.07 bits per heavy atom. The topological polar surface area (TPSA) is 58.6 Å². The van der Waals surface area contributed by atoms with Crippen LogP contribution in [0.3, 0.4) is 0 Å². The molecule has 4 fully saturated rings. The molecule has 5 unspecified atom stereocenters. The fourth-order valence-corrected chi connectivity index (χ4v) is 5.90. The van der Waals surface area contributed by atoms with Gasteiger partial charge in [-0.2, -0.15) is 0 Å². The molecule has 2 heterocycles. The van der Waals surface area contributed by atoms with Crippen molar-refractivity contribution in [1.82, 2.24) is 10.2 Å². The highest BCUT2D eigenvalue weighted by molar-refractivity contribution is 5.98. The molecule has 2 bridgehead atoms. The monoisotopic (exact) mass is 368 g/mol. The van der Waals surface area contributed by atoms with Gasteiger partial charge in [-0.1, -0.05) is 12.1 Å². The molecule has 5 aliphatic rings. The Kier molecular flexibility index (Phi) is 3.95. The maximum absolute atomic E-state index is 13.3. The van der Waals surface area contributed by atoms with Crippen LogP contribution >= 0.6 is 0 Å². The van der Waals surface area contributed by atoms with Crippen LogP contribution in [0.25, 0.3) is 0 Å². The van der Waals surface area contributed by atoms with Gasteiger partial charge in [0.15, 0.2) is 5.72 Å². The van der Waals surface area contributed by atoms with Gasteiger partial charge in [-0.05, 0) is 63.5 Å². The summed E-state index contributed by atoms with van der Waals surface area (Å²) in [5.74, 6) is 1.57. The highest BCUT2D eigenvalue weighted by Crippen LogP contribution is 2.53. The van der Waals surface area contributed by atoms with Crippen molar-refractivity contribution in [2.75, 3.05) is 6.54 Å². The molecule has 5 nitrogen and oxygen atoms in total. The van der Waals surface area contributed by atoms with E-state index in [0.717, 1.165) is 45.1 Å². The lowest BCUT2D eigenvalue weighted by Gasteiger charge is -2.55. The zero-order valence-corrected chi connectivity index (χ0v) is 15.9. The molecule has 2 aliphatic heterocycles. The number of rotatable bonds is 1. The van der Waals surface area contributed by atoms with Crippen LogP contribution in [0, 0.1) is 17.8 Å². The van der Waals surface area contributed by atoms with Crippen molar-refractivity contribution in [3.8, 4) is 5.75 Å². The number of hydrogen-bond acceptors (Lipinski definition) is 3. The van der Waals surface area contributed by atoms with Crippen molar-refractivity contribution in [3.05, 3.63) is 29.8 Å². The van der Waals surface area contributed by atoms with Crippen LogP contribution in [-0.2, 0) is 4.79 Å².